The van der Waals surface area contributed by atoms with Gasteiger partial charge in [-0.15, -0.1) is 0 Å². The van der Waals surface area contributed by atoms with Gasteiger partial charge in [-0.2, -0.15) is 0 Å². The Morgan fingerprint density at radius 2 is 1.76 bits per heavy atom. The van der Waals surface area contributed by atoms with E-state index in [-0.39, 0.29) is 12.2 Å². The van der Waals surface area contributed by atoms with E-state index in [0.717, 1.165) is 51.7 Å². The molecule has 3 heteroatoms. The van der Waals surface area contributed by atoms with Gasteiger partial charge in [0.1, 0.15) is 0 Å². The van der Waals surface area contributed by atoms with E-state index < -0.39 is 0 Å². The Morgan fingerprint density at radius 3 is 2.41 bits per heavy atom. The van der Waals surface area contributed by atoms with Crippen LogP contribution in [0.5, 0.6) is 0 Å². The van der Waals surface area contributed by atoms with Crippen molar-refractivity contribution in [2.75, 3.05) is 19.6 Å². The van der Waals surface area contributed by atoms with Crippen LogP contribution in [0.3, 0.4) is 0 Å². The summed E-state index contributed by atoms with van der Waals surface area (Å²) < 4.78 is 0. The van der Waals surface area contributed by atoms with E-state index in [1.807, 2.05) is 0 Å². The third-order valence-electron chi connectivity index (χ3n) is 4.53. The smallest absolute Gasteiger partial charge is 0.0581 e. The van der Waals surface area contributed by atoms with Crippen molar-refractivity contribution in [2.45, 2.75) is 58.2 Å². The second-order valence-electron chi connectivity index (χ2n) is 6.77. The van der Waals surface area contributed by atoms with E-state index >= 15 is 0 Å². The number of aliphatic hydroxyl groups is 2. The van der Waals surface area contributed by atoms with Gasteiger partial charge in [0.05, 0.1) is 12.2 Å². The van der Waals surface area contributed by atoms with E-state index in [2.05, 4.69) is 18.7 Å². The molecule has 1 saturated carbocycles. The summed E-state index contributed by atoms with van der Waals surface area (Å²) >= 11 is 0. The van der Waals surface area contributed by atoms with Crippen LogP contribution in [-0.2, 0) is 0 Å². The number of hydrogen-bond acceptors (Lipinski definition) is 3. The molecule has 2 fully saturated rings. The zero-order chi connectivity index (χ0) is 12.5. The maximum absolute atomic E-state index is 10.1. The highest BCUT2D eigenvalue weighted by molar-refractivity contribution is 4.87. The molecular formula is C14H27NO2. The van der Waals surface area contributed by atoms with Crippen LogP contribution < -0.4 is 0 Å². The molecule has 0 bridgehead atoms. The molecule has 100 valence electrons. The molecule has 2 unspecified atom stereocenters. The highest BCUT2D eigenvalue weighted by atomic mass is 16.3. The van der Waals surface area contributed by atoms with Crippen molar-refractivity contribution in [3.63, 3.8) is 0 Å². The summed E-state index contributed by atoms with van der Waals surface area (Å²) in [6, 6.07) is 0. The normalized spacial score (nSPS) is 36.0. The first kappa shape index (κ1) is 13.3. The van der Waals surface area contributed by atoms with Gasteiger partial charge in [-0.25, -0.2) is 0 Å². The summed E-state index contributed by atoms with van der Waals surface area (Å²) in [6.45, 7) is 7.62. The summed E-state index contributed by atoms with van der Waals surface area (Å²) in [6.07, 6.45) is 4.80. The van der Waals surface area contributed by atoms with Gasteiger partial charge in [0.15, 0.2) is 0 Å². The lowest BCUT2D eigenvalue weighted by molar-refractivity contribution is -0.00664. The van der Waals surface area contributed by atoms with E-state index in [4.69, 9.17) is 0 Å². The van der Waals surface area contributed by atoms with Gasteiger partial charge >= 0.3 is 0 Å². The van der Waals surface area contributed by atoms with Crippen molar-refractivity contribution in [3.05, 3.63) is 0 Å². The largest absolute Gasteiger partial charge is 0.393 e. The fourth-order valence-electron chi connectivity index (χ4n) is 3.34. The lowest BCUT2D eigenvalue weighted by Crippen LogP contribution is -2.44. The first-order valence-electron chi connectivity index (χ1n) is 7.05. The highest BCUT2D eigenvalue weighted by Crippen LogP contribution is 2.39. The Kier molecular flexibility index (Phi) is 4.11. The van der Waals surface area contributed by atoms with Crippen molar-refractivity contribution >= 4 is 0 Å². The third kappa shape index (κ3) is 3.67. The molecule has 2 atom stereocenters. The first-order valence-corrected chi connectivity index (χ1v) is 7.05. The van der Waals surface area contributed by atoms with Gasteiger partial charge in [-0.1, -0.05) is 13.8 Å². The van der Waals surface area contributed by atoms with Crippen LogP contribution in [-0.4, -0.2) is 47.0 Å². The lowest BCUT2D eigenvalue weighted by Gasteiger charge is -2.41. The highest BCUT2D eigenvalue weighted by Gasteiger charge is 2.35. The number of hydrogen-bond donors (Lipinski definition) is 2. The molecule has 2 N–H and O–H groups in total. The van der Waals surface area contributed by atoms with Crippen LogP contribution in [0.4, 0.5) is 0 Å². The molecule has 1 aliphatic heterocycles. The fourth-order valence-corrected chi connectivity index (χ4v) is 3.34. The standard InChI is InChI=1S/C14H27NO2/c1-14(2)6-3-13(17)11(9-14)10-15-7-4-12(16)5-8-15/h11-13,16-17H,3-10H2,1-2H3. The molecule has 2 aliphatic rings. The second-order valence-corrected chi connectivity index (χ2v) is 6.77. The van der Waals surface area contributed by atoms with Crippen molar-refractivity contribution in [3.8, 4) is 0 Å². The Labute approximate surface area is 105 Å². The Morgan fingerprint density at radius 1 is 1.12 bits per heavy atom. The first-order chi connectivity index (χ1) is 7.96. The number of aliphatic hydroxyl groups excluding tert-OH is 2. The summed E-state index contributed by atoms with van der Waals surface area (Å²) in [5.41, 5.74) is 0.388. The molecule has 3 nitrogen and oxygen atoms in total. The Balaban J connectivity index is 1.84. The number of nitrogens with zero attached hydrogens (tertiary/aromatic N) is 1. The molecule has 0 spiro atoms. The number of rotatable bonds is 2. The number of piperidine rings is 1. The molecule has 1 aliphatic carbocycles. The summed E-state index contributed by atoms with van der Waals surface area (Å²) in [7, 11) is 0. The SMILES string of the molecule is CC1(C)CCC(O)C(CN2CCC(O)CC2)C1. The van der Waals surface area contributed by atoms with Crippen LogP contribution in [0, 0.1) is 11.3 Å². The van der Waals surface area contributed by atoms with E-state index in [0.29, 0.717) is 11.3 Å². The molecule has 17 heavy (non-hydrogen) atoms. The lowest BCUT2D eigenvalue weighted by atomic mass is 9.70. The summed E-state index contributed by atoms with van der Waals surface area (Å²) in [5.74, 6) is 0.425. The minimum absolute atomic E-state index is 0.0982. The average Bonchev–Trinajstić information content (AvgIpc) is 2.26. The molecule has 0 radical (unpaired) electrons. The van der Waals surface area contributed by atoms with Crippen molar-refractivity contribution in [2.24, 2.45) is 11.3 Å². The molecule has 0 aromatic heterocycles. The predicted octanol–water partition coefficient (Wildman–Crippen LogP) is 1.63. The topological polar surface area (TPSA) is 43.7 Å². The van der Waals surface area contributed by atoms with Crippen LogP contribution in [0.25, 0.3) is 0 Å². The molecule has 1 saturated heterocycles. The van der Waals surface area contributed by atoms with Gasteiger partial charge in [0.25, 0.3) is 0 Å². The quantitative estimate of drug-likeness (QED) is 0.772. The van der Waals surface area contributed by atoms with Gasteiger partial charge in [0.2, 0.25) is 0 Å². The summed E-state index contributed by atoms with van der Waals surface area (Å²) in [5, 5.41) is 19.6. The van der Waals surface area contributed by atoms with Crippen molar-refractivity contribution in [1.29, 1.82) is 0 Å². The monoisotopic (exact) mass is 241 g/mol. The van der Waals surface area contributed by atoms with Crippen molar-refractivity contribution in [1.82, 2.24) is 4.90 Å². The molecule has 0 aromatic carbocycles. The van der Waals surface area contributed by atoms with E-state index in [1.54, 1.807) is 0 Å². The third-order valence-corrected chi connectivity index (χ3v) is 4.53. The van der Waals surface area contributed by atoms with Crippen molar-refractivity contribution < 1.29 is 10.2 Å². The van der Waals surface area contributed by atoms with Gasteiger partial charge < -0.3 is 15.1 Å². The van der Waals surface area contributed by atoms with Gasteiger partial charge in [0, 0.05) is 19.6 Å². The van der Waals surface area contributed by atoms with Gasteiger partial charge in [-0.3, -0.25) is 0 Å². The fraction of sp³-hybridized carbons (Fsp3) is 1.00. The average molecular weight is 241 g/mol. The number of likely N-dealkylation sites (tertiary alicyclic amines) is 1. The Hall–Kier alpha value is -0.120. The maximum atomic E-state index is 10.1. The van der Waals surface area contributed by atoms with E-state index in [1.165, 1.54) is 0 Å². The minimum Gasteiger partial charge on any atom is -0.393 e. The molecule has 1 heterocycles. The molecule has 2 rings (SSSR count). The zero-order valence-corrected chi connectivity index (χ0v) is 11.2. The second kappa shape index (κ2) is 5.25. The Bertz CT molecular complexity index is 247. The maximum Gasteiger partial charge on any atom is 0.0581 e. The van der Waals surface area contributed by atoms with Crippen LogP contribution in [0.1, 0.15) is 46.0 Å². The van der Waals surface area contributed by atoms with Crippen LogP contribution in [0.15, 0.2) is 0 Å². The predicted molar refractivity (Wildman–Crippen MR) is 68.8 cm³/mol. The van der Waals surface area contributed by atoms with Crippen LogP contribution >= 0.6 is 0 Å². The van der Waals surface area contributed by atoms with Crippen LogP contribution in [0.2, 0.25) is 0 Å². The minimum atomic E-state index is -0.116. The molecular weight excluding hydrogens is 214 g/mol. The molecule has 0 amide bonds. The molecule has 0 aromatic rings. The summed E-state index contributed by atoms with van der Waals surface area (Å²) in [4.78, 5) is 2.42. The zero-order valence-electron chi connectivity index (χ0n) is 11.2. The van der Waals surface area contributed by atoms with Gasteiger partial charge in [-0.05, 0) is 43.4 Å². The van der Waals surface area contributed by atoms with E-state index in [9.17, 15) is 10.2 Å².